The summed E-state index contributed by atoms with van der Waals surface area (Å²) in [7, 11) is 2.22. The van der Waals surface area contributed by atoms with Crippen LogP contribution in [0, 0.1) is 5.92 Å². The zero-order valence-corrected chi connectivity index (χ0v) is 10.1. The van der Waals surface area contributed by atoms with Gasteiger partial charge in [0.25, 0.3) is 0 Å². The van der Waals surface area contributed by atoms with Gasteiger partial charge in [-0.15, -0.1) is 0 Å². The van der Waals surface area contributed by atoms with Crippen LogP contribution in [0.1, 0.15) is 18.5 Å². The van der Waals surface area contributed by atoms with E-state index in [-0.39, 0.29) is 0 Å². The van der Waals surface area contributed by atoms with Crippen LogP contribution in [0.5, 0.6) is 0 Å². The smallest absolute Gasteiger partial charge is 0.0921 e. The van der Waals surface area contributed by atoms with Gasteiger partial charge < -0.3 is 15.2 Å². The Bertz CT molecular complexity index is 283. The van der Waals surface area contributed by atoms with Crippen LogP contribution >= 0.6 is 0 Å². The maximum Gasteiger partial charge on any atom is 0.0921 e. The molecular formula is C12H22N4. The molecule has 1 aromatic heterocycles. The Morgan fingerprint density at radius 1 is 1.62 bits per heavy atom. The van der Waals surface area contributed by atoms with Crippen molar-refractivity contribution in [2.75, 3.05) is 33.2 Å². The lowest BCUT2D eigenvalue weighted by Gasteiger charge is -2.29. The lowest BCUT2D eigenvalue weighted by atomic mass is 9.98. The predicted molar refractivity (Wildman–Crippen MR) is 65.4 cm³/mol. The molecule has 4 nitrogen and oxygen atoms in total. The number of aromatic nitrogens is 2. The predicted octanol–water partition coefficient (Wildman–Crippen LogP) is 0.884. The summed E-state index contributed by atoms with van der Waals surface area (Å²) in [5, 5.41) is 3.54. The van der Waals surface area contributed by atoms with Gasteiger partial charge in [-0.1, -0.05) is 0 Å². The lowest BCUT2D eigenvalue weighted by Crippen LogP contribution is -2.37. The molecule has 4 heteroatoms. The van der Waals surface area contributed by atoms with Crippen molar-refractivity contribution in [3.05, 3.63) is 18.2 Å². The Hall–Kier alpha value is -0.870. The van der Waals surface area contributed by atoms with Crippen molar-refractivity contribution in [1.29, 1.82) is 0 Å². The van der Waals surface area contributed by atoms with E-state index in [1.807, 2.05) is 6.20 Å². The number of rotatable bonds is 5. The highest BCUT2D eigenvalue weighted by atomic mass is 15.1. The third-order valence-electron chi connectivity index (χ3n) is 3.28. The maximum atomic E-state index is 4.01. The zero-order valence-electron chi connectivity index (χ0n) is 10.1. The number of nitrogens with zero attached hydrogens (tertiary/aromatic N) is 2. The van der Waals surface area contributed by atoms with Gasteiger partial charge in [0, 0.05) is 31.4 Å². The number of nitrogens with one attached hydrogen (secondary N) is 2. The lowest BCUT2D eigenvalue weighted by molar-refractivity contribution is 0.206. The Morgan fingerprint density at radius 2 is 2.56 bits per heavy atom. The van der Waals surface area contributed by atoms with Gasteiger partial charge in [0.2, 0.25) is 0 Å². The van der Waals surface area contributed by atoms with Gasteiger partial charge in [-0.05, 0) is 38.9 Å². The number of H-pyrrole nitrogens is 1. The molecule has 0 aromatic carbocycles. The van der Waals surface area contributed by atoms with E-state index in [1.165, 1.54) is 31.6 Å². The summed E-state index contributed by atoms with van der Waals surface area (Å²) in [6.45, 7) is 4.71. The second kappa shape index (κ2) is 6.01. The topological polar surface area (TPSA) is 44.0 Å². The highest BCUT2D eigenvalue weighted by Crippen LogP contribution is 2.13. The molecule has 0 radical (unpaired) electrons. The molecule has 1 unspecified atom stereocenters. The summed E-state index contributed by atoms with van der Waals surface area (Å²) in [4.78, 5) is 9.57. The quantitative estimate of drug-likeness (QED) is 0.727. The Labute approximate surface area is 97.4 Å². The van der Waals surface area contributed by atoms with Crippen molar-refractivity contribution in [3.63, 3.8) is 0 Å². The fourth-order valence-corrected chi connectivity index (χ4v) is 2.39. The van der Waals surface area contributed by atoms with Crippen LogP contribution in [0.2, 0.25) is 0 Å². The minimum Gasteiger partial charge on any atom is -0.348 e. The van der Waals surface area contributed by atoms with Crippen LogP contribution in [-0.2, 0) is 6.42 Å². The first kappa shape index (κ1) is 11.6. The molecular weight excluding hydrogens is 200 g/mol. The first-order valence-corrected chi connectivity index (χ1v) is 6.21. The molecule has 16 heavy (non-hydrogen) atoms. The molecule has 0 saturated carbocycles. The highest BCUT2D eigenvalue weighted by Gasteiger charge is 2.16. The number of aromatic amines is 1. The Morgan fingerprint density at radius 3 is 3.31 bits per heavy atom. The van der Waals surface area contributed by atoms with Gasteiger partial charge in [0.05, 0.1) is 6.33 Å². The average Bonchev–Trinajstić information content (AvgIpc) is 2.77. The Kier molecular flexibility index (Phi) is 4.36. The second-order valence-electron chi connectivity index (χ2n) is 4.80. The van der Waals surface area contributed by atoms with Crippen molar-refractivity contribution < 1.29 is 0 Å². The number of piperidine rings is 1. The van der Waals surface area contributed by atoms with E-state index in [0.717, 1.165) is 25.4 Å². The van der Waals surface area contributed by atoms with E-state index < -0.39 is 0 Å². The number of imidazole rings is 1. The van der Waals surface area contributed by atoms with Crippen LogP contribution in [0.4, 0.5) is 0 Å². The van der Waals surface area contributed by atoms with Gasteiger partial charge in [0.1, 0.15) is 0 Å². The van der Waals surface area contributed by atoms with E-state index in [9.17, 15) is 0 Å². The first-order valence-electron chi connectivity index (χ1n) is 6.21. The molecule has 0 aliphatic carbocycles. The molecule has 1 aromatic rings. The molecule has 1 aliphatic rings. The molecule has 2 rings (SSSR count). The molecule has 0 bridgehead atoms. The van der Waals surface area contributed by atoms with E-state index >= 15 is 0 Å². The fourth-order valence-electron chi connectivity index (χ4n) is 2.39. The number of hydrogen-bond acceptors (Lipinski definition) is 3. The largest absolute Gasteiger partial charge is 0.348 e. The highest BCUT2D eigenvalue weighted by molar-refractivity contribution is 4.94. The summed E-state index contributed by atoms with van der Waals surface area (Å²) in [6, 6.07) is 0. The molecule has 0 spiro atoms. The van der Waals surface area contributed by atoms with E-state index in [2.05, 4.69) is 27.2 Å². The van der Waals surface area contributed by atoms with Crippen LogP contribution in [-0.4, -0.2) is 48.1 Å². The summed E-state index contributed by atoms with van der Waals surface area (Å²) in [5.41, 5.74) is 1.22. The molecule has 1 aliphatic heterocycles. The molecule has 1 fully saturated rings. The van der Waals surface area contributed by atoms with Crippen molar-refractivity contribution in [2.24, 2.45) is 5.92 Å². The third-order valence-corrected chi connectivity index (χ3v) is 3.28. The van der Waals surface area contributed by atoms with Gasteiger partial charge >= 0.3 is 0 Å². The normalized spacial score (nSPS) is 22.4. The van der Waals surface area contributed by atoms with E-state index in [0.29, 0.717) is 0 Å². The maximum absolute atomic E-state index is 4.01. The van der Waals surface area contributed by atoms with E-state index in [4.69, 9.17) is 0 Å². The molecule has 1 saturated heterocycles. The monoisotopic (exact) mass is 222 g/mol. The summed E-state index contributed by atoms with van der Waals surface area (Å²) in [6.07, 6.45) is 7.41. The molecule has 2 N–H and O–H groups in total. The first-order chi connectivity index (χ1) is 7.84. The number of likely N-dealkylation sites (tertiary alicyclic amines) is 1. The van der Waals surface area contributed by atoms with Gasteiger partial charge in [-0.2, -0.15) is 0 Å². The molecule has 0 amide bonds. The van der Waals surface area contributed by atoms with Gasteiger partial charge in [-0.3, -0.25) is 0 Å². The van der Waals surface area contributed by atoms with Crippen LogP contribution in [0.25, 0.3) is 0 Å². The summed E-state index contributed by atoms with van der Waals surface area (Å²) >= 11 is 0. The van der Waals surface area contributed by atoms with Gasteiger partial charge in [0.15, 0.2) is 0 Å². The molecule has 90 valence electrons. The molecule has 1 atom stereocenters. The van der Waals surface area contributed by atoms with Crippen molar-refractivity contribution in [1.82, 2.24) is 20.2 Å². The van der Waals surface area contributed by atoms with Crippen LogP contribution < -0.4 is 5.32 Å². The fraction of sp³-hybridized carbons (Fsp3) is 0.750. The van der Waals surface area contributed by atoms with Crippen molar-refractivity contribution in [3.8, 4) is 0 Å². The minimum atomic E-state index is 0.834. The Balaban J connectivity index is 1.57. The number of hydrogen-bond donors (Lipinski definition) is 2. The van der Waals surface area contributed by atoms with Crippen molar-refractivity contribution in [2.45, 2.75) is 19.3 Å². The van der Waals surface area contributed by atoms with Gasteiger partial charge in [-0.25, -0.2) is 4.98 Å². The van der Waals surface area contributed by atoms with Crippen molar-refractivity contribution >= 4 is 0 Å². The zero-order chi connectivity index (χ0) is 11.2. The third kappa shape index (κ3) is 3.61. The summed E-state index contributed by atoms with van der Waals surface area (Å²) in [5.74, 6) is 0.834. The standard InChI is InChI=1S/C12H22N4/c1-16-6-2-3-11(9-16)7-13-5-4-12-8-14-10-15-12/h8,10-11,13H,2-7,9H2,1H3,(H,14,15). The van der Waals surface area contributed by atoms with Crippen LogP contribution in [0.3, 0.4) is 0 Å². The SMILES string of the molecule is CN1CCCC(CNCCc2cnc[nH]2)C1. The average molecular weight is 222 g/mol. The summed E-state index contributed by atoms with van der Waals surface area (Å²) < 4.78 is 0. The minimum absolute atomic E-state index is 0.834. The van der Waals surface area contributed by atoms with E-state index in [1.54, 1.807) is 6.33 Å². The van der Waals surface area contributed by atoms with Crippen LogP contribution in [0.15, 0.2) is 12.5 Å². The second-order valence-corrected chi connectivity index (χ2v) is 4.80. The molecule has 2 heterocycles.